The smallest absolute Gasteiger partial charge is 0.260 e. The van der Waals surface area contributed by atoms with Gasteiger partial charge in [0.05, 0.1) is 12.8 Å². The van der Waals surface area contributed by atoms with Crippen molar-refractivity contribution in [1.29, 1.82) is 0 Å². The lowest BCUT2D eigenvalue weighted by molar-refractivity contribution is -0.127. The van der Waals surface area contributed by atoms with E-state index in [1.165, 1.54) is 0 Å². The van der Waals surface area contributed by atoms with E-state index in [0.717, 1.165) is 6.54 Å². The molecule has 0 saturated carbocycles. The predicted octanol–water partition coefficient (Wildman–Crippen LogP) is 0.201. The Labute approximate surface area is 113 Å². The zero-order valence-electron chi connectivity index (χ0n) is 11.4. The highest BCUT2D eigenvalue weighted by atomic mass is 16.5. The molecule has 0 bridgehead atoms. The molecular formula is C13H21N3O3. The number of rotatable bonds is 9. The van der Waals surface area contributed by atoms with Crippen LogP contribution in [0.4, 0.5) is 0 Å². The van der Waals surface area contributed by atoms with Gasteiger partial charge in [-0.2, -0.15) is 0 Å². The summed E-state index contributed by atoms with van der Waals surface area (Å²) >= 11 is 0. The Morgan fingerprint density at radius 3 is 2.95 bits per heavy atom. The summed E-state index contributed by atoms with van der Waals surface area (Å²) in [6, 6.07) is 3.53. The number of nitrogens with one attached hydrogen (secondary N) is 2. The maximum Gasteiger partial charge on any atom is 0.260 e. The van der Waals surface area contributed by atoms with Crippen LogP contribution < -0.4 is 15.4 Å². The number of nitrogens with zero attached hydrogens (tertiary/aromatic N) is 1. The van der Waals surface area contributed by atoms with Gasteiger partial charge in [-0.3, -0.25) is 9.78 Å². The first-order valence-corrected chi connectivity index (χ1v) is 6.28. The number of hydrogen-bond donors (Lipinski definition) is 2. The fourth-order valence-corrected chi connectivity index (χ4v) is 1.39. The molecular weight excluding hydrogens is 246 g/mol. The lowest BCUT2D eigenvalue weighted by Crippen LogP contribution is -2.40. The van der Waals surface area contributed by atoms with Crippen LogP contribution in [-0.4, -0.2) is 50.3 Å². The third kappa shape index (κ3) is 6.73. The largest absolute Gasteiger partial charge is 0.479 e. The molecule has 1 aromatic rings. The van der Waals surface area contributed by atoms with Gasteiger partial charge in [-0.1, -0.05) is 0 Å². The van der Waals surface area contributed by atoms with E-state index in [0.29, 0.717) is 25.4 Å². The standard InChI is InChI=1S/C13H21N3O3/c1-11(19-12-4-3-5-15-10-12)13(17)16-7-6-14-8-9-18-2/h3-5,10-11,14H,6-9H2,1-2H3,(H,16,17). The van der Waals surface area contributed by atoms with Gasteiger partial charge < -0.3 is 20.1 Å². The minimum Gasteiger partial charge on any atom is -0.479 e. The van der Waals surface area contributed by atoms with E-state index >= 15 is 0 Å². The number of aromatic nitrogens is 1. The van der Waals surface area contributed by atoms with Gasteiger partial charge in [0.15, 0.2) is 6.10 Å². The normalized spacial score (nSPS) is 11.9. The van der Waals surface area contributed by atoms with Gasteiger partial charge in [-0.05, 0) is 19.1 Å². The molecule has 6 nitrogen and oxygen atoms in total. The number of carbonyl (C=O) groups excluding carboxylic acids is 1. The van der Waals surface area contributed by atoms with Crippen molar-refractivity contribution in [3.05, 3.63) is 24.5 Å². The fraction of sp³-hybridized carbons (Fsp3) is 0.538. The average molecular weight is 267 g/mol. The molecule has 1 heterocycles. The summed E-state index contributed by atoms with van der Waals surface area (Å²) < 4.78 is 10.4. The molecule has 0 aliphatic rings. The third-order valence-electron chi connectivity index (χ3n) is 2.40. The number of methoxy groups -OCH3 is 1. The topological polar surface area (TPSA) is 72.5 Å². The number of pyridine rings is 1. The number of ether oxygens (including phenoxy) is 2. The Kier molecular flexibility index (Phi) is 7.53. The van der Waals surface area contributed by atoms with E-state index in [2.05, 4.69) is 15.6 Å². The maximum absolute atomic E-state index is 11.7. The fourth-order valence-electron chi connectivity index (χ4n) is 1.39. The van der Waals surface area contributed by atoms with E-state index in [9.17, 15) is 4.79 Å². The number of amides is 1. The maximum atomic E-state index is 11.7. The van der Waals surface area contributed by atoms with Crippen LogP contribution in [0.15, 0.2) is 24.5 Å². The van der Waals surface area contributed by atoms with Crippen molar-refractivity contribution in [3.8, 4) is 5.75 Å². The summed E-state index contributed by atoms with van der Waals surface area (Å²) in [7, 11) is 1.65. The summed E-state index contributed by atoms with van der Waals surface area (Å²) in [5, 5.41) is 5.93. The molecule has 0 aliphatic heterocycles. The SMILES string of the molecule is COCCNCCNC(=O)C(C)Oc1cccnc1. The van der Waals surface area contributed by atoms with Gasteiger partial charge in [0, 0.05) is 32.9 Å². The lowest BCUT2D eigenvalue weighted by atomic mass is 10.3. The monoisotopic (exact) mass is 267 g/mol. The zero-order valence-corrected chi connectivity index (χ0v) is 11.4. The first kappa shape index (κ1) is 15.4. The average Bonchev–Trinajstić information content (AvgIpc) is 2.43. The third-order valence-corrected chi connectivity index (χ3v) is 2.40. The van der Waals surface area contributed by atoms with E-state index in [1.54, 1.807) is 38.6 Å². The number of carbonyl (C=O) groups is 1. The van der Waals surface area contributed by atoms with Crippen LogP contribution in [0.25, 0.3) is 0 Å². The van der Waals surface area contributed by atoms with Gasteiger partial charge in [-0.25, -0.2) is 0 Å². The van der Waals surface area contributed by atoms with Crippen LogP contribution in [0.2, 0.25) is 0 Å². The molecule has 19 heavy (non-hydrogen) atoms. The van der Waals surface area contributed by atoms with Gasteiger partial charge in [0.2, 0.25) is 0 Å². The van der Waals surface area contributed by atoms with E-state index in [-0.39, 0.29) is 5.91 Å². The second-order valence-corrected chi connectivity index (χ2v) is 3.98. The van der Waals surface area contributed by atoms with E-state index < -0.39 is 6.10 Å². The highest BCUT2D eigenvalue weighted by Gasteiger charge is 2.13. The molecule has 1 rings (SSSR count). The summed E-state index contributed by atoms with van der Waals surface area (Å²) in [5.74, 6) is 0.445. The van der Waals surface area contributed by atoms with E-state index in [4.69, 9.17) is 9.47 Å². The Balaban J connectivity index is 2.15. The highest BCUT2D eigenvalue weighted by molar-refractivity contribution is 5.80. The van der Waals surface area contributed by atoms with Crippen molar-refractivity contribution >= 4 is 5.91 Å². The molecule has 6 heteroatoms. The summed E-state index contributed by atoms with van der Waals surface area (Å²) in [6.45, 7) is 4.40. The van der Waals surface area contributed by atoms with Crippen molar-refractivity contribution in [3.63, 3.8) is 0 Å². The van der Waals surface area contributed by atoms with Gasteiger partial charge in [-0.15, -0.1) is 0 Å². The number of hydrogen-bond acceptors (Lipinski definition) is 5. The Morgan fingerprint density at radius 1 is 1.42 bits per heavy atom. The van der Waals surface area contributed by atoms with Crippen LogP contribution in [-0.2, 0) is 9.53 Å². The molecule has 0 saturated heterocycles. The van der Waals surface area contributed by atoms with Crippen molar-refractivity contribution in [2.75, 3.05) is 33.4 Å². The molecule has 0 aliphatic carbocycles. The van der Waals surface area contributed by atoms with Crippen LogP contribution in [0.3, 0.4) is 0 Å². The quantitative estimate of drug-likeness (QED) is 0.625. The molecule has 0 spiro atoms. The Bertz CT molecular complexity index is 359. The lowest BCUT2D eigenvalue weighted by Gasteiger charge is -2.14. The van der Waals surface area contributed by atoms with Gasteiger partial charge in [0.1, 0.15) is 5.75 Å². The van der Waals surface area contributed by atoms with Crippen molar-refractivity contribution in [2.45, 2.75) is 13.0 Å². The van der Waals surface area contributed by atoms with Crippen molar-refractivity contribution in [2.24, 2.45) is 0 Å². The molecule has 106 valence electrons. The molecule has 1 aromatic heterocycles. The van der Waals surface area contributed by atoms with E-state index in [1.807, 2.05) is 0 Å². The van der Waals surface area contributed by atoms with Crippen LogP contribution >= 0.6 is 0 Å². The summed E-state index contributed by atoms with van der Waals surface area (Å²) in [4.78, 5) is 15.6. The minimum atomic E-state index is -0.539. The molecule has 1 atom stereocenters. The molecule has 1 unspecified atom stereocenters. The second kappa shape index (κ2) is 9.29. The molecule has 2 N–H and O–H groups in total. The minimum absolute atomic E-state index is 0.141. The molecule has 0 radical (unpaired) electrons. The van der Waals surface area contributed by atoms with Gasteiger partial charge >= 0.3 is 0 Å². The van der Waals surface area contributed by atoms with Gasteiger partial charge in [0.25, 0.3) is 5.91 Å². The van der Waals surface area contributed by atoms with Crippen LogP contribution in [0.5, 0.6) is 5.75 Å². The Hall–Kier alpha value is -1.66. The molecule has 0 fully saturated rings. The summed E-state index contributed by atoms with van der Waals surface area (Å²) in [5.41, 5.74) is 0. The second-order valence-electron chi connectivity index (χ2n) is 3.98. The first-order valence-electron chi connectivity index (χ1n) is 6.28. The molecule has 0 aromatic carbocycles. The van der Waals surface area contributed by atoms with Crippen molar-refractivity contribution < 1.29 is 14.3 Å². The highest BCUT2D eigenvalue weighted by Crippen LogP contribution is 2.08. The van der Waals surface area contributed by atoms with Crippen LogP contribution in [0.1, 0.15) is 6.92 Å². The molecule has 1 amide bonds. The van der Waals surface area contributed by atoms with Crippen molar-refractivity contribution in [1.82, 2.24) is 15.6 Å². The predicted molar refractivity (Wildman–Crippen MR) is 72.1 cm³/mol. The zero-order chi connectivity index (χ0) is 13.9. The first-order chi connectivity index (χ1) is 9.24. The Morgan fingerprint density at radius 2 is 2.26 bits per heavy atom. The summed E-state index contributed by atoms with van der Waals surface area (Å²) in [6.07, 6.45) is 2.70. The van der Waals surface area contributed by atoms with Crippen LogP contribution in [0, 0.1) is 0 Å².